The molecule has 1 rings (SSSR count). The van der Waals surface area contributed by atoms with Crippen LogP contribution in [-0.4, -0.2) is 24.6 Å². The van der Waals surface area contributed by atoms with Crippen LogP contribution in [0.1, 0.15) is 11.1 Å². The predicted octanol–water partition coefficient (Wildman–Crippen LogP) is 2.77. The van der Waals surface area contributed by atoms with Gasteiger partial charge in [-0.2, -0.15) is 0 Å². The molecule has 0 N–H and O–H groups in total. The largest absolute Gasteiger partial charge is 0.312 e. The van der Waals surface area contributed by atoms with Crippen molar-refractivity contribution >= 4 is 11.6 Å². The molecule has 0 unspecified atom stereocenters. The van der Waals surface area contributed by atoms with Gasteiger partial charge in [0.15, 0.2) is 6.00 Å². The second-order valence-electron chi connectivity index (χ2n) is 4.14. The first-order chi connectivity index (χ1) is 6.05. The molecular weight excluding hydrogens is 182 g/mol. The topological polar surface area (TPSA) is 0 Å². The van der Waals surface area contributed by atoms with Gasteiger partial charge in [-0.05, 0) is 12.5 Å². The highest BCUT2D eigenvalue weighted by Crippen LogP contribution is 2.13. The molecule has 0 atom stereocenters. The van der Waals surface area contributed by atoms with Crippen LogP contribution >= 0.6 is 11.6 Å². The quantitative estimate of drug-likeness (QED) is 0.398. The third-order valence-electron chi connectivity index (χ3n) is 2.18. The zero-order valence-corrected chi connectivity index (χ0v) is 9.30. The number of benzene rings is 1. The van der Waals surface area contributed by atoms with Crippen molar-refractivity contribution in [2.75, 3.05) is 20.1 Å². The molecule has 0 spiro atoms. The summed E-state index contributed by atoms with van der Waals surface area (Å²) < 4.78 is 0.826. The molecule has 0 saturated carbocycles. The Morgan fingerprint density at radius 3 is 2.38 bits per heavy atom. The molecule has 0 aromatic heterocycles. The van der Waals surface area contributed by atoms with Gasteiger partial charge in [0.1, 0.15) is 6.54 Å². The highest BCUT2D eigenvalue weighted by atomic mass is 35.5. The van der Waals surface area contributed by atoms with Crippen molar-refractivity contribution in [2.45, 2.75) is 13.5 Å². The lowest BCUT2D eigenvalue weighted by Crippen LogP contribution is -2.37. The Hall–Kier alpha value is -0.530. The van der Waals surface area contributed by atoms with E-state index in [1.165, 1.54) is 11.1 Å². The maximum Gasteiger partial charge on any atom is 0.154 e. The van der Waals surface area contributed by atoms with E-state index < -0.39 is 0 Å². The minimum Gasteiger partial charge on any atom is -0.312 e. The third-order valence-corrected chi connectivity index (χ3v) is 2.83. The summed E-state index contributed by atoms with van der Waals surface area (Å²) in [7, 11) is 4.28. The standard InChI is InChI=1S/C11H17ClN/c1-10-6-4-5-7-11(10)8-13(2,3)9-12/h4-7H,8-9H2,1-3H3/q+1. The molecule has 0 heterocycles. The van der Waals surface area contributed by atoms with E-state index in [-0.39, 0.29) is 0 Å². The summed E-state index contributed by atoms with van der Waals surface area (Å²) in [6.07, 6.45) is 0. The van der Waals surface area contributed by atoms with Crippen LogP contribution < -0.4 is 0 Å². The van der Waals surface area contributed by atoms with Gasteiger partial charge in [-0.3, -0.25) is 0 Å². The Morgan fingerprint density at radius 2 is 1.85 bits per heavy atom. The van der Waals surface area contributed by atoms with Crippen LogP contribution in [0.4, 0.5) is 0 Å². The van der Waals surface area contributed by atoms with E-state index in [2.05, 4.69) is 45.3 Å². The van der Waals surface area contributed by atoms with Crippen molar-refractivity contribution in [3.63, 3.8) is 0 Å². The van der Waals surface area contributed by atoms with Crippen LogP contribution in [0.25, 0.3) is 0 Å². The van der Waals surface area contributed by atoms with E-state index in [1.54, 1.807) is 0 Å². The lowest BCUT2D eigenvalue weighted by molar-refractivity contribution is -0.892. The Kier molecular flexibility index (Phi) is 3.34. The van der Waals surface area contributed by atoms with E-state index in [4.69, 9.17) is 11.6 Å². The molecular formula is C11H17ClN+. The molecule has 13 heavy (non-hydrogen) atoms. The van der Waals surface area contributed by atoms with E-state index in [1.807, 2.05) is 0 Å². The van der Waals surface area contributed by atoms with Crippen LogP contribution in [0, 0.1) is 6.92 Å². The van der Waals surface area contributed by atoms with Gasteiger partial charge < -0.3 is 4.48 Å². The molecule has 1 aromatic rings. The van der Waals surface area contributed by atoms with Crippen LogP contribution in [0.15, 0.2) is 24.3 Å². The molecule has 0 bridgehead atoms. The summed E-state index contributed by atoms with van der Waals surface area (Å²) in [5, 5.41) is 0. The first-order valence-corrected chi connectivity index (χ1v) is 5.01. The first kappa shape index (κ1) is 10.6. The van der Waals surface area contributed by atoms with Gasteiger partial charge in [0.25, 0.3) is 0 Å². The maximum atomic E-state index is 5.87. The molecule has 0 aliphatic rings. The van der Waals surface area contributed by atoms with Gasteiger partial charge in [0.2, 0.25) is 0 Å². The summed E-state index contributed by atoms with van der Waals surface area (Å²) in [4.78, 5) is 0. The van der Waals surface area contributed by atoms with Gasteiger partial charge in [-0.15, -0.1) is 0 Å². The summed E-state index contributed by atoms with van der Waals surface area (Å²) >= 11 is 5.87. The fourth-order valence-electron chi connectivity index (χ4n) is 1.29. The summed E-state index contributed by atoms with van der Waals surface area (Å²) in [6.45, 7) is 3.14. The highest BCUT2D eigenvalue weighted by Gasteiger charge is 2.14. The number of quaternary nitrogens is 1. The van der Waals surface area contributed by atoms with Crippen molar-refractivity contribution in [1.29, 1.82) is 0 Å². The molecule has 0 saturated heterocycles. The number of alkyl halides is 1. The number of hydrogen-bond donors (Lipinski definition) is 0. The van der Waals surface area contributed by atoms with E-state index >= 15 is 0 Å². The summed E-state index contributed by atoms with van der Waals surface area (Å²) in [6, 6.07) is 9.11. The second kappa shape index (κ2) is 4.12. The zero-order valence-electron chi connectivity index (χ0n) is 8.55. The average molecular weight is 199 g/mol. The number of hydrogen-bond acceptors (Lipinski definition) is 0. The first-order valence-electron chi connectivity index (χ1n) is 4.48. The minimum atomic E-state index is 0.647. The minimum absolute atomic E-state index is 0.647. The lowest BCUT2D eigenvalue weighted by atomic mass is 10.1. The summed E-state index contributed by atoms with van der Waals surface area (Å²) in [5.41, 5.74) is 2.73. The Labute approximate surface area is 85.5 Å². The number of nitrogens with zero attached hydrogens (tertiary/aromatic N) is 1. The van der Waals surface area contributed by atoms with Crippen LogP contribution in [0.5, 0.6) is 0 Å². The number of halogens is 1. The van der Waals surface area contributed by atoms with E-state index in [9.17, 15) is 0 Å². The second-order valence-corrected chi connectivity index (χ2v) is 4.38. The zero-order chi connectivity index (χ0) is 9.90. The average Bonchev–Trinajstić information content (AvgIpc) is 2.09. The van der Waals surface area contributed by atoms with Crippen LogP contribution in [-0.2, 0) is 6.54 Å². The Morgan fingerprint density at radius 1 is 1.23 bits per heavy atom. The van der Waals surface area contributed by atoms with Gasteiger partial charge >= 0.3 is 0 Å². The lowest BCUT2D eigenvalue weighted by Gasteiger charge is -2.27. The fourth-order valence-corrected chi connectivity index (χ4v) is 1.38. The normalized spacial score (nSPS) is 11.7. The Bertz CT molecular complexity index is 281. The molecule has 0 amide bonds. The van der Waals surface area contributed by atoms with Gasteiger partial charge in [-0.25, -0.2) is 0 Å². The van der Waals surface area contributed by atoms with Crippen LogP contribution in [0.3, 0.4) is 0 Å². The van der Waals surface area contributed by atoms with E-state index in [0.717, 1.165) is 11.0 Å². The van der Waals surface area contributed by atoms with Crippen molar-refractivity contribution in [2.24, 2.45) is 0 Å². The van der Waals surface area contributed by atoms with Gasteiger partial charge in [-0.1, -0.05) is 35.9 Å². The SMILES string of the molecule is Cc1ccccc1C[N+](C)(C)CCl. The fraction of sp³-hybridized carbons (Fsp3) is 0.455. The van der Waals surface area contributed by atoms with Crippen molar-refractivity contribution < 1.29 is 4.48 Å². The van der Waals surface area contributed by atoms with E-state index in [0.29, 0.717) is 6.00 Å². The molecule has 2 heteroatoms. The van der Waals surface area contributed by atoms with Crippen molar-refractivity contribution in [3.05, 3.63) is 35.4 Å². The van der Waals surface area contributed by atoms with Crippen molar-refractivity contribution in [1.82, 2.24) is 0 Å². The summed E-state index contributed by atoms with van der Waals surface area (Å²) in [5.74, 6) is 0. The molecule has 0 aliphatic carbocycles. The highest BCUT2D eigenvalue weighted by molar-refractivity contribution is 6.16. The maximum absolute atomic E-state index is 5.87. The monoisotopic (exact) mass is 198 g/mol. The predicted molar refractivity (Wildman–Crippen MR) is 57.7 cm³/mol. The third kappa shape index (κ3) is 3.02. The molecule has 0 aliphatic heterocycles. The molecule has 1 aromatic carbocycles. The molecule has 72 valence electrons. The number of aryl methyl sites for hydroxylation is 1. The molecule has 0 fully saturated rings. The van der Waals surface area contributed by atoms with Gasteiger partial charge in [0, 0.05) is 5.56 Å². The van der Waals surface area contributed by atoms with Crippen LogP contribution in [0.2, 0.25) is 0 Å². The molecule has 0 radical (unpaired) electrons. The number of rotatable bonds is 3. The van der Waals surface area contributed by atoms with Gasteiger partial charge in [0.05, 0.1) is 14.1 Å². The smallest absolute Gasteiger partial charge is 0.154 e. The van der Waals surface area contributed by atoms with Crippen molar-refractivity contribution in [3.8, 4) is 0 Å². The Balaban J connectivity index is 2.80. The molecule has 1 nitrogen and oxygen atoms in total.